The first-order valence-corrected chi connectivity index (χ1v) is 11.2. The van der Waals surface area contributed by atoms with Crippen LogP contribution < -0.4 is 4.57 Å². The number of aryl methyl sites for hydroxylation is 1. The molecular weight excluding hydrogens is 372 g/mol. The van der Waals surface area contributed by atoms with Gasteiger partial charge in [-0.1, -0.05) is 57.5 Å². The van der Waals surface area contributed by atoms with E-state index in [2.05, 4.69) is 61.2 Å². The highest BCUT2D eigenvalue weighted by atomic mass is 16.5. The second-order valence-corrected chi connectivity index (χ2v) is 9.18. The lowest BCUT2D eigenvalue weighted by atomic mass is 9.75. The summed E-state index contributed by atoms with van der Waals surface area (Å²) in [6.07, 6.45) is 3.37. The molecule has 4 heteroatoms. The molecule has 1 aliphatic carbocycles. The number of nitrogens with zero attached hydrogens (tertiary/aromatic N) is 2. The molecule has 0 amide bonds. The summed E-state index contributed by atoms with van der Waals surface area (Å²) in [7, 11) is 2.06. The number of para-hydroxylation sites is 2. The molecule has 1 aliphatic rings. The minimum atomic E-state index is -0.140. The zero-order valence-electron chi connectivity index (χ0n) is 18.5. The average Bonchev–Trinajstić information content (AvgIpc) is 3.00. The summed E-state index contributed by atoms with van der Waals surface area (Å²) in [6, 6.07) is 18.5. The Morgan fingerprint density at radius 1 is 1.10 bits per heavy atom. The van der Waals surface area contributed by atoms with E-state index in [9.17, 15) is 4.79 Å². The molecule has 0 radical (unpaired) electrons. The van der Waals surface area contributed by atoms with Crippen molar-refractivity contribution in [3.05, 3.63) is 54.6 Å². The van der Waals surface area contributed by atoms with Crippen molar-refractivity contribution in [3.8, 4) is 11.4 Å². The molecule has 1 aromatic heterocycles. The van der Waals surface area contributed by atoms with E-state index < -0.39 is 0 Å². The zero-order chi connectivity index (χ0) is 21.3. The van der Waals surface area contributed by atoms with Crippen molar-refractivity contribution < 1.29 is 14.1 Å². The van der Waals surface area contributed by atoms with Gasteiger partial charge in [0.2, 0.25) is 0 Å². The van der Waals surface area contributed by atoms with Gasteiger partial charge >= 0.3 is 5.97 Å². The van der Waals surface area contributed by atoms with Crippen LogP contribution >= 0.6 is 0 Å². The van der Waals surface area contributed by atoms with Gasteiger partial charge in [0.15, 0.2) is 17.6 Å². The highest BCUT2D eigenvalue weighted by Crippen LogP contribution is 2.35. The molecule has 30 heavy (non-hydrogen) atoms. The van der Waals surface area contributed by atoms with Crippen LogP contribution in [0.4, 0.5) is 0 Å². The molecule has 158 valence electrons. The van der Waals surface area contributed by atoms with Crippen molar-refractivity contribution in [1.29, 1.82) is 0 Å². The van der Waals surface area contributed by atoms with Gasteiger partial charge in [-0.15, -0.1) is 0 Å². The third-order valence-electron chi connectivity index (χ3n) is 6.67. The van der Waals surface area contributed by atoms with Crippen molar-refractivity contribution in [1.82, 2.24) is 4.57 Å². The Morgan fingerprint density at radius 3 is 2.53 bits per heavy atom. The normalized spacial score (nSPS) is 21.8. The SMILES string of the molecule is CC(C)[C@@H]1CC[C@H](C)C[C@@H]1OC(=O)Cn1c(-c2ccccc2)[n+](C)c2ccccc21. The number of rotatable bonds is 5. The van der Waals surface area contributed by atoms with E-state index in [1.807, 2.05) is 30.3 Å². The third-order valence-corrected chi connectivity index (χ3v) is 6.67. The Bertz CT molecular complexity index is 1020. The molecule has 0 spiro atoms. The molecule has 3 atom stereocenters. The average molecular weight is 406 g/mol. The van der Waals surface area contributed by atoms with Gasteiger partial charge in [-0.05, 0) is 54.9 Å². The van der Waals surface area contributed by atoms with Gasteiger partial charge in [0.1, 0.15) is 6.10 Å². The second-order valence-electron chi connectivity index (χ2n) is 9.18. The summed E-state index contributed by atoms with van der Waals surface area (Å²) in [5.74, 6) is 2.48. The van der Waals surface area contributed by atoms with Crippen LogP contribution in [0, 0.1) is 17.8 Å². The fourth-order valence-corrected chi connectivity index (χ4v) is 5.07. The molecule has 0 bridgehead atoms. The predicted octanol–water partition coefficient (Wildman–Crippen LogP) is 5.14. The van der Waals surface area contributed by atoms with E-state index in [1.165, 1.54) is 6.42 Å². The number of imidazole rings is 1. The minimum absolute atomic E-state index is 0.0250. The maximum Gasteiger partial charge on any atom is 0.348 e. The second kappa shape index (κ2) is 8.63. The van der Waals surface area contributed by atoms with E-state index in [-0.39, 0.29) is 18.6 Å². The standard InChI is InChI=1S/C26H33N2O2/c1-18(2)21-15-14-19(3)16-24(21)30-25(29)17-28-23-13-9-8-12-22(23)27(4)26(28)20-10-6-5-7-11-20/h5-13,18-19,21,24H,14-17H2,1-4H3/q+1/t19-,21-,24-/m0/s1. The Labute approximate surface area is 179 Å². The molecule has 3 aromatic rings. The molecule has 0 N–H and O–H groups in total. The van der Waals surface area contributed by atoms with E-state index in [4.69, 9.17) is 4.74 Å². The summed E-state index contributed by atoms with van der Waals surface area (Å²) in [4.78, 5) is 13.1. The van der Waals surface area contributed by atoms with Crippen LogP contribution in [0.5, 0.6) is 0 Å². The topological polar surface area (TPSA) is 35.1 Å². The van der Waals surface area contributed by atoms with Crippen LogP contribution in [-0.2, 0) is 23.1 Å². The van der Waals surface area contributed by atoms with Gasteiger partial charge in [-0.2, -0.15) is 0 Å². The Kier molecular flexibility index (Phi) is 5.94. The largest absolute Gasteiger partial charge is 0.459 e. The molecule has 0 saturated heterocycles. The van der Waals surface area contributed by atoms with Crippen molar-refractivity contribution >= 4 is 17.0 Å². The van der Waals surface area contributed by atoms with E-state index in [0.29, 0.717) is 17.8 Å². The molecule has 4 nitrogen and oxygen atoms in total. The molecule has 0 aliphatic heterocycles. The van der Waals surface area contributed by atoms with Crippen LogP contribution in [0.15, 0.2) is 54.6 Å². The Balaban J connectivity index is 1.66. The number of aromatic nitrogens is 2. The van der Waals surface area contributed by atoms with Crippen molar-refractivity contribution in [2.24, 2.45) is 24.8 Å². The fraction of sp³-hybridized carbons (Fsp3) is 0.462. The number of carbonyl (C=O) groups is 1. The van der Waals surface area contributed by atoms with Crippen LogP contribution in [-0.4, -0.2) is 16.6 Å². The molecule has 1 heterocycles. The lowest BCUT2D eigenvalue weighted by molar-refractivity contribution is -0.634. The maximum absolute atomic E-state index is 13.1. The smallest absolute Gasteiger partial charge is 0.348 e. The molecular formula is C26H33N2O2+. The molecule has 1 fully saturated rings. The number of fused-ring (bicyclic) bond motifs is 1. The third kappa shape index (κ3) is 4.00. The van der Waals surface area contributed by atoms with E-state index in [0.717, 1.165) is 35.3 Å². The number of hydrogen-bond acceptors (Lipinski definition) is 2. The molecule has 2 aromatic carbocycles. The number of esters is 1. The van der Waals surface area contributed by atoms with E-state index in [1.54, 1.807) is 0 Å². The summed E-state index contributed by atoms with van der Waals surface area (Å²) < 4.78 is 10.4. The number of ether oxygens (including phenoxy) is 1. The number of hydrogen-bond donors (Lipinski definition) is 0. The highest BCUT2D eigenvalue weighted by molar-refractivity contribution is 5.79. The van der Waals surface area contributed by atoms with Crippen molar-refractivity contribution in [3.63, 3.8) is 0 Å². The fourth-order valence-electron chi connectivity index (χ4n) is 5.07. The van der Waals surface area contributed by atoms with Crippen molar-refractivity contribution in [2.75, 3.05) is 0 Å². The van der Waals surface area contributed by atoms with Gasteiger partial charge in [0, 0.05) is 0 Å². The zero-order valence-corrected chi connectivity index (χ0v) is 18.5. The first-order chi connectivity index (χ1) is 14.5. The van der Waals surface area contributed by atoms with Gasteiger partial charge in [-0.25, -0.2) is 13.9 Å². The van der Waals surface area contributed by atoms with Gasteiger partial charge < -0.3 is 4.74 Å². The number of carbonyl (C=O) groups excluding carboxylic acids is 1. The van der Waals surface area contributed by atoms with Gasteiger partial charge in [-0.3, -0.25) is 0 Å². The highest BCUT2D eigenvalue weighted by Gasteiger charge is 2.34. The monoisotopic (exact) mass is 405 g/mol. The number of benzene rings is 2. The predicted molar refractivity (Wildman–Crippen MR) is 120 cm³/mol. The maximum atomic E-state index is 13.1. The molecule has 0 unspecified atom stereocenters. The van der Waals surface area contributed by atoms with Gasteiger partial charge in [0.05, 0.1) is 12.6 Å². The summed E-state index contributed by atoms with van der Waals surface area (Å²) in [5, 5.41) is 0. The van der Waals surface area contributed by atoms with E-state index >= 15 is 0 Å². The van der Waals surface area contributed by atoms with Gasteiger partial charge in [0.25, 0.3) is 5.82 Å². The lowest BCUT2D eigenvalue weighted by Gasteiger charge is -2.36. The summed E-state index contributed by atoms with van der Waals surface area (Å²) in [5.41, 5.74) is 3.25. The summed E-state index contributed by atoms with van der Waals surface area (Å²) in [6.45, 7) is 6.98. The first kappa shape index (κ1) is 20.6. The van der Waals surface area contributed by atoms with Crippen LogP contribution in [0.2, 0.25) is 0 Å². The quantitative estimate of drug-likeness (QED) is 0.435. The molecule has 4 rings (SSSR count). The van der Waals surface area contributed by atoms with Crippen molar-refractivity contribution in [2.45, 2.75) is 52.7 Å². The minimum Gasteiger partial charge on any atom is -0.459 e. The molecule has 1 saturated carbocycles. The first-order valence-electron chi connectivity index (χ1n) is 11.2. The Hall–Kier alpha value is -2.62. The Morgan fingerprint density at radius 2 is 1.80 bits per heavy atom. The van der Waals surface area contributed by atoms with Crippen LogP contribution in [0.25, 0.3) is 22.4 Å². The van der Waals surface area contributed by atoms with Crippen LogP contribution in [0.1, 0.15) is 40.0 Å². The van der Waals surface area contributed by atoms with Crippen LogP contribution in [0.3, 0.4) is 0 Å². The summed E-state index contributed by atoms with van der Waals surface area (Å²) >= 11 is 0. The lowest BCUT2D eigenvalue weighted by Crippen LogP contribution is -2.37.